The molecule has 5 N–H and O–H groups in total. The lowest BCUT2D eigenvalue weighted by Crippen LogP contribution is -2.51. The monoisotopic (exact) mass is 309 g/mol. The SMILES string of the molecule is CCCCCCCCCCC(N)(CP(=O)(O)O)C(=O)O. The summed E-state index contributed by atoms with van der Waals surface area (Å²) in [6.07, 6.45) is 7.71. The Hall–Kier alpha value is -0.420. The lowest BCUT2D eigenvalue weighted by atomic mass is 9.95. The van der Waals surface area contributed by atoms with Crippen molar-refractivity contribution in [2.75, 3.05) is 6.16 Å². The lowest BCUT2D eigenvalue weighted by Gasteiger charge is -2.24. The number of carboxylic acids is 1. The smallest absolute Gasteiger partial charge is 0.328 e. The molecule has 6 nitrogen and oxygen atoms in total. The molecule has 0 aliphatic rings. The van der Waals surface area contributed by atoms with Crippen LogP contribution in [-0.4, -0.2) is 32.6 Å². The Morgan fingerprint density at radius 3 is 1.90 bits per heavy atom. The third kappa shape index (κ3) is 9.48. The van der Waals surface area contributed by atoms with E-state index >= 15 is 0 Å². The number of rotatable bonds is 12. The first-order chi connectivity index (χ1) is 9.21. The Bertz CT molecular complexity index is 331. The second kappa shape index (κ2) is 9.50. The number of aliphatic carboxylic acids is 1. The lowest BCUT2D eigenvalue weighted by molar-refractivity contribution is -0.142. The first-order valence-corrected chi connectivity index (χ1v) is 9.08. The molecule has 0 aliphatic carbocycles. The van der Waals surface area contributed by atoms with Crippen molar-refractivity contribution in [3.05, 3.63) is 0 Å². The summed E-state index contributed by atoms with van der Waals surface area (Å²) in [5.74, 6) is -1.34. The third-order valence-corrected chi connectivity index (χ3v) is 4.37. The Kier molecular flexibility index (Phi) is 9.30. The zero-order valence-electron chi connectivity index (χ0n) is 12.3. The van der Waals surface area contributed by atoms with Gasteiger partial charge >= 0.3 is 13.6 Å². The highest BCUT2D eigenvalue weighted by Gasteiger charge is 2.39. The quantitative estimate of drug-likeness (QED) is 0.324. The summed E-state index contributed by atoms with van der Waals surface area (Å²) in [6.45, 7) is 2.16. The van der Waals surface area contributed by atoms with E-state index in [9.17, 15) is 9.36 Å². The molecule has 0 radical (unpaired) electrons. The molecule has 20 heavy (non-hydrogen) atoms. The summed E-state index contributed by atoms with van der Waals surface area (Å²) < 4.78 is 10.9. The van der Waals surface area contributed by atoms with Gasteiger partial charge in [0.1, 0.15) is 5.54 Å². The topological polar surface area (TPSA) is 121 Å². The van der Waals surface area contributed by atoms with Gasteiger partial charge < -0.3 is 20.6 Å². The molecule has 0 heterocycles. The average molecular weight is 309 g/mol. The molecule has 120 valence electrons. The Morgan fingerprint density at radius 2 is 1.50 bits per heavy atom. The molecule has 0 aromatic carbocycles. The van der Waals surface area contributed by atoms with Gasteiger partial charge in [0.15, 0.2) is 0 Å². The number of hydrogen-bond acceptors (Lipinski definition) is 3. The fourth-order valence-electron chi connectivity index (χ4n) is 2.20. The zero-order valence-corrected chi connectivity index (χ0v) is 13.1. The predicted molar refractivity (Wildman–Crippen MR) is 78.7 cm³/mol. The standard InChI is InChI=1S/C13H28NO5P/c1-2-3-4-5-6-7-8-9-10-13(14,12(15)16)11-20(17,18)19/h2-11,14H2,1H3,(H,15,16)(H2,17,18,19). The van der Waals surface area contributed by atoms with Crippen molar-refractivity contribution in [1.29, 1.82) is 0 Å². The number of unbranched alkanes of at least 4 members (excludes halogenated alkanes) is 7. The largest absolute Gasteiger partial charge is 0.480 e. The van der Waals surface area contributed by atoms with Crippen LogP contribution >= 0.6 is 7.60 Å². The highest BCUT2D eigenvalue weighted by molar-refractivity contribution is 7.51. The minimum Gasteiger partial charge on any atom is -0.480 e. The molecule has 0 aliphatic heterocycles. The molecule has 0 rings (SSSR count). The van der Waals surface area contributed by atoms with Crippen LogP contribution in [0.4, 0.5) is 0 Å². The van der Waals surface area contributed by atoms with E-state index in [1.54, 1.807) is 0 Å². The summed E-state index contributed by atoms with van der Waals surface area (Å²) >= 11 is 0. The summed E-state index contributed by atoms with van der Waals surface area (Å²) in [5, 5.41) is 9.03. The minimum atomic E-state index is -4.42. The Labute approximate surface area is 120 Å². The van der Waals surface area contributed by atoms with E-state index in [1.165, 1.54) is 25.7 Å². The number of carboxylic acid groups (broad SMARTS) is 1. The van der Waals surface area contributed by atoms with Crippen molar-refractivity contribution in [3.63, 3.8) is 0 Å². The van der Waals surface area contributed by atoms with E-state index in [0.29, 0.717) is 6.42 Å². The van der Waals surface area contributed by atoms with Gasteiger partial charge in [0.05, 0.1) is 6.16 Å². The van der Waals surface area contributed by atoms with Gasteiger partial charge in [-0.05, 0) is 6.42 Å². The van der Waals surface area contributed by atoms with Crippen LogP contribution in [0, 0.1) is 0 Å². The van der Waals surface area contributed by atoms with Crippen molar-refractivity contribution in [1.82, 2.24) is 0 Å². The van der Waals surface area contributed by atoms with Crippen molar-refractivity contribution in [2.45, 2.75) is 70.3 Å². The second-order valence-electron chi connectivity index (χ2n) is 5.51. The molecule has 0 spiro atoms. The highest BCUT2D eigenvalue weighted by atomic mass is 31.2. The molecule has 0 aromatic heterocycles. The normalized spacial score (nSPS) is 15.0. The average Bonchev–Trinajstić information content (AvgIpc) is 2.30. The first kappa shape index (κ1) is 19.6. The minimum absolute atomic E-state index is 0.0996. The van der Waals surface area contributed by atoms with Crippen LogP contribution in [0.5, 0.6) is 0 Å². The Balaban J connectivity index is 3.93. The van der Waals surface area contributed by atoms with E-state index in [1.807, 2.05) is 0 Å². The van der Waals surface area contributed by atoms with Gasteiger partial charge in [-0.3, -0.25) is 9.36 Å². The van der Waals surface area contributed by atoms with Crippen molar-refractivity contribution < 1.29 is 24.3 Å². The van der Waals surface area contributed by atoms with Crippen molar-refractivity contribution in [3.8, 4) is 0 Å². The molecule has 0 amide bonds. The fraction of sp³-hybridized carbons (Fsp3) is 0.923. The number of hydrogen-bond donors (Lipinski definition) is 4. The zero-order chi connectivity index (χ0) is 15.6. The van der Waals surface area contributed by atoms with Gasteiger partial charge in [0, 0.05) is 0 Å². The van der Waals surface area contributed by atoms with Gasteiger partial charge in [-0.2, -0.15) is 0 Å². The molecular formula is C13H28NO5P. The molecule has 0 saturated carbocycles. The second-order valence-corrected chi connectivity index (χ2v) is 7.15. The van der Waals surface area contributed by atoms with E-state index < -0.39 is 25.3 Å². The van der Waals surface area contributed by atoms with Crippen LogP contribution in [0.3, 0.4) is 0 Å². The van der Waals surface area contributed by atoms with Crippen LogP contribution in [0.25, 0.3) is 0 Å². The van der Waals surface area contributed by atoms with Crippen LogP contribution < -0.4 is 5.73 Å². The molecule has 1 unspecified atom stereocenters. The van der Waals surface area contributed by atoms with Crippen LogP contribution in [-0.2, 0) is 9.36 Å². The molecule has 0 fully saturated rings. The molecular weight excluding hydrogens is 281 g/mol. The predicted octanol–water partition coefficient (Wildman–Crippen LogP) is 2.48. The molecule has 0 bridgehead atoms. The summed E-state index contributed by atoms with van der Waals surface area (Å²) in [7, 11) is -4.42. The van der Waals surface area contributed by atoms with Crippen molar-refractivity contribution in [2.24, 2.45) is 5.73 Å². The highest BCUT2D eigenvalue weighted by Crippen LogP contribution is 2.39. The maximum absolute atomic E-state index is 11.1. The van der Waals surface area contributed by atoms with Crippen molar-refractivity contribution >= 4 is 13.6 Å². The molecule has 0 aromatic rings. The fourth-order valence-corrected chi connectivity index (χ4v) is 3.22. The van der Waals surface area contributed by atoms with Crippen LogP contribution in [0.2, 0.25) is 0 Å². The van der Waals surface area contributed by atoms with Gasteiger partial charge in [-0.25, -0.2) is 0 Å². The first-order valence-electron chi connectivity index (χ1n) is 7.28. The summed E-state index contributed by atoms with van der Waals surface area (Å²) in [4.78, 5) is 28.9. The number of carbonyl (C=O) groups is 1. The Morgan fingerprint density at radius 1 is 1.05 bits per heavy atom. The third-order valence-electron chi connectivity index (χ3n) is 3.39. The number of nitrogens with two attached hydrogens (primary N) is 1. The van der Waals surface area contributed by atoms with E-state index in [-0.39, 0.29) is 6.42 Å². The maximum atomic E-state index is 11.1. The van der Waals surface area contributed by atoms with E-state index in [4.69, 9.17) is 20.6 Å². The van der Waals surface area contributed by atoms with Gasteiger partial charge in [-0.1, -0.05) is 58.3 Å². The van der Waals surface area contributed by atoms with Crippen LogP contribution in [0.1, 0.15) is 64.7 Å². The van der Waals surface area contributed by atoms with Crippen LogP contribution in [0.15, 0.2) is 0 Å². The molecule has 7 heteroatoms. The van der Waals surface area contributed by atoms with Gasteiger partial charge in [-0.15, -0.1) is 0 Å². The van der Waals surface area contributed by atoms with E-state index in [0.717, 1.165) is 19.3 Å². The van der Waals surface area contributed by atoms with Gasteiger partial charge in [0.2, 0.25) is 0 Å². The van der Waals surface area contributed by atoms with Gasteiger partial charge in [0.25, 0.3) is 0 Å². The maximum Gasteiger partial charge on any atom is 0.328 e. The summed E-state index contributed by atoms with van der Waals surface area (Å²) in [5.41, 5.74) is 3.80. The molecule has 0 saturated heterocycles. The molecule has 1 atom stereocenters. The summed E-state index contributed by atoms with van der Waals surface area (Å²) in [6, 6.07) is 0. The van der Waals surface area contributed by atoms with E-state index in [2.05, 4.69) is 6.92 Å².